The first-order chi connectivity index (χ1) is 19.7. The number of rotatable bonds is 5. The lowest BCUT2D eigenvalue weighted by Crippen LogP contribution is -2.65. The van der Waals surface area contributed by atoms with Gasteiger partial charge in [-0.15, -0.1) is 0 Å². The molecule has 2 unspecified atom stereocenters. The number of hydrogen-bond donors (Lipinski definition) is 0. The molecule has 2 saturated heterocycles. The molecular weight excluding hydrogens is 574 g/mol. The summed E-state index contributed by atoms with van der Waals surface area (Å²) < 4.78 is 97.9. The zero-order valence-corrected chi connectivity index (χ0v) is 22.5. The summed E-state index contributed by atoms with van der Waals surface area (Å²) in [6.45, 7) is -0.622. The lowest BCUT2D eigenvalue weighted by atomic mass is 9.83. The first-order valence-electron chi connectivity index (χ1n) is 12.7. The smallest absolute Gasteiger partial charge is 0.416 e. The second-order valence-electron chi connectivity index (χ2n) is 10.00. The molecule has 42 heavy (non-hydrogen) atoms. The Balaban J connectivity index is 1.59. The number of alkyl halides is 6. The van der Waals surface area contributed by atoms with E-state index in [9.17, 15) is 40.7 Å². The van der Waals surface area contributed by atoms with E-state index in [1.807, 2.05) is 0 Å². The molecule has 2 amide bonds. The number of carbonyl (C=O) groups is 3. The summed E-state index contributed by atoms with van der Waals surface area (Å²) >= 11 is 0. The van der Waals surface area contributed by atoms with Gasteiger partial charge in [0.25, 0.3) is 11.7 Å². The van der Waals surface area contributed by atoms with E-state index in [0.29, 0.717) is 12.5 Å². The molecule has 5 rings (SSSR count). The summed E-state index contributed by atoms with van der Waals surface area (Å²) in [5.74, 6) is -2.42. The second-order valence-corrected chi connectivity index (χ2v) is 10.00. The number of methoxy groups -OCH3 is 3. The second kappa shape index (κ2) is 10.2. The molecule has 224 valence electrons. The van der Waals surface area contributed by atoms with Crippen molar-refractivity contribution in [3.05, 3.63) is 57.8 Å². The SMILES string of the molecule is COc1cc(C(=O)C(=O)N2C3CCCC2C2=Cc4cc(C(F)(F)F)cc(C(F)(F)F)c4CN2C3=O)cc(OC)c1OC. The predicted molar refractivity (Wildman–Crippen MR) is 134 cm³/mol. The number of ether oxygens (including phenoxy) is 3. The quantitative estimate of drug-likeness (QED) is 0.271. The Kier molecular flexibility index (Phi) is 7.14. The van der Waals surface area contributed by atoms with Crippen LogP contribution in [0.25, 0.3) is 6.08 Å². The molecule has 0 aliphatic carbocycles. The van der Waals surface area contributed by atoms with E-state index in [1.54, 1.807) is 0 Å². The van der Waals surface area contributed by atoms with Crippen LogP contribution in [0.4, 0.5) is 26.3 Å². The fourth-order valence-electron chi connectivity index (χ4n) is 5.83. The number of Topliss-reactive ketones (excluding diaryl/α,β-unsaturated/α-hetero) is 1. The first-order valence-corrected chi connectivity index (χ1v) is 12.7. The molecule has 2 bridgehead atoms. The third-order valence-corrected chi connectivity index (χ3v) is 7.72. The number of carbonyl (C=O) groups excluding carboxylic acids is 3. The minimum atomic E-state index is -5.11. The van der Waals surface area contributed by atoms with Crippen LogP contribution in [0.5, 0.6) is 17.2 Å². The highest BCUT2D eigenvalue weighted by molar-refractivity contribution is 6.43. The molecule has 8 nitrogen and oxygen atoms in total. The van der Waals surface area contributed by atoms with Gasteiger partial charge in [-0.2, -0.15) is 26.3 Å². The Morgan fingerprint density at radius 1 is 0.857 bits per heavy atom. The molecule has 0 spiro atoms. The van der Waals surface area contributed by atoms with Gasteiger partial charge in [0.1, 0.15) is 6.04 Å². The average molecular weight is 598 g/mol. The van der Waals surface area contributed by atoms with Crippen molar-refractivity contribution < 1.29 is 54.9 Å². The maximum atomic E-state index is 13.9. The molecule has 2 atom stereocenters. The Morgan fingerprint density at radius 3 is 2.02 bits per heavy atom. The van der Waals surface area contributed by atoms with E-state index >= 15 is 0 Å². The first kappa shape index (κ1) is 29.3. The van der Waals surface area contributed by atoms with Crippen molar-refractivity contribution >= 4 is 23.7 Å². The summed E-state index contributed by atoms with van der Waals surface area (Å²) in [5, 5.41) is 0. The molecule has 2 aromatic carbocycles. The molecule has 0 N–H and O–H groups in total. The predicted octanol–water partition coefficient (Wildman–Crippen LogP) is 5.08. The van der Waals surface area contributed by atoms with E-state index in [1.165, 1.54) is 33.5 Å². The van der Waals surface area contributed by atoms with Crippen LogP contribution in [-0.2, 0) is 28.5 Å². The topological polar surface area (TPSA) is 85.4 Å². The molecule has 0 radical (unpaired) electrons. The number of amides is 2. The van der Waals surface area contributed by atoms with Crippen LogP contribution < -0.4 is 14.2 Å². The van der Waals surface area contributed by atoms with E-state index in [2.05, 4.69) is 0 Å². The maximum absolute atomic E-state index is 13.9. The number of piperidine rings is 1. The van der Waals surface area contributed by atoms with Crippen LogP contribution in [-0.4, -0.2) is 60.8 Å². The van der Waals surface area contributed by atoms with Crippen molar-refractivity contribution in [2.45, 2.75) is 50.2 Å². The monoisotopic (exact) mass is 598 g/mol. The van der Waals surface area contributed by atoms with Crippen LogP contribution >= 0.6 is 0 Å². The zero-order chi connectivity index (χ0) is 30.7. The summed E-state index contributed by atoms with van der Waals surface area (Å²) in [4.78, 5) is 42.9. The number of hydrogen-bond acceptors (Lipinski definition) is 6. The van der Waals surface area contributed by atoms with E-state index in [0.717, 1.165) is 15.9 Å². The fraction of sp³-hybridized carbons (Fsp3) is 0.393. The average Bonchev–Trinajstić information content (AvgIpc) is 2.95. The highest BCUT2D eigenvalue weighted by Crippen LogP contribution is 2.46. The number of halogens is 6. The van der Waals surface area contributed by atoms with Crippen molar-refractivity contribution in [3.63, 3.8) is 0 Å². The normalized spacial score (nSPS) is 19.9. The van der Waals surface area contributed by atoms with E-state index in [-0.39, 0.29) is 53.0 Å². The summed E-state index contributed by atoms with van der Waals surface area (Å²) in [6, 6.07) is 1.09. The standard InChI is InChI=1S/C28H24F6N2O6/c1-40-21-9-14(10-22(41-2)24(21)42-3)23(37)26(39)36-18-5-4-6-19(36)25(38)35-12-16-13(8-20(18)35)7-15(27(29,30)31)11-17(16)28(32,33)34/h7-11,18-19H,4-6,12H2,1-3H3. The Labute approximate surface area is 235 Å². The van der Waals surface area contributed by atoms with Crippen LogP contribution in [0.2, 0.25) is 0 Å². The third-order valence-electron chi connectivity index (χ3n) is 7.72. The van der Waals surface area contributed by atoms with Gasteiger partial charge in [-0.25, -0.2) is 0 Å². The summed E-state index contributed by atoms with van der Waals surface area (Å²) in [5.41, 5.74) is -3.88. The van der Waals surface area contributed by atoms with Gasteiger partial charge in [0.05, 0.1) is 45.0 Å². The van der Waals surface area contributed by atoms with Crippen molar-refractivity contribution in [1.29, 1.82) is 0 Å². The van der Waals surface area contributed by atoms with Crippen LogP contribution in [0.1, 0.15) is 51.9 Å². The van der Waals surface area contributed by atoms with Crippen LogP contribution in [0, 0.1) is 0 Å². The van der Waals surface area contributed by atoms with E-state index < -0.39 is 65.3 Å². The molecule has 14 heteroatoms. The van der Waals surface area contributed by atoms with Gasteiger partial charge in [0.2, 0.25) is 11.7 Å². The number of fused-ring (bicyclic) bond motifs is 5. The highest BCUT2D eigenvalue weighted by atomic mass is 19.4. The lowest BCUT2D eigenvalue weighted by Gasteiger charge is -2.51. The van der Waals surface area contributed by atoms with Crippen molar-refractivity contribution in [1.82, 2.24) is 9.80 Å². The van der Waals surface area contributed by atoms with Gasteiger partial charge >= 0.3 is 12.4 Å². The molecule has 0 aromatic heterocycles. The number of piperazine rings is 1. The highest BCUT2D eigenvalue weighted by Gasteiger charge is 2.51. The maximum Gasteiger partial charge on any atom is 0.416 e. The summed E-state index contributed by atoms with van der Waals surface area (Å²) in [7, 11) is 3.99. The zero-order valence-electron chi connectivity index (χ0n) is 22.5. The minimum absolute atomic E-state index is 0.0405. The molecule has 3 aliphatic rings. The van der Waals surface area contributed by atoms with Gasteiger partial charge < -0.3 is 24.0 Å². The van der Waals surface area contributed by atoms with Gasteiger partial charge in [-0.1, -0.05) is 0 Å². The van der Waals surface area contributed by atoms with Crippen LogP contribution in [0.3, 0.4) is 0 Å². The molecule has 2 aromatic rings. The van der Waals surface area contributed by atoms with Gasteiger partial charge in [-0.3, -0.25) is 14.4 Å². The van der Waals surface area contributed by atoms with Crippen molar-refractivity contribution in [2.75, 3.05) is 21.3 Å². The summed E-state index contributed by atoms with van der Waals surface area (Å²) in [6.07, 6.45) is -8.26. The molecule has 3 aliphatic heterocycles. The van der Waals surface area contributed by atoms with Gasteiger partial charge in [-0.05, 0) is 60.7 Å². The Hall–Kier alpha value is -4.23. The molecular formula is C28H24F6N2O6. The van der Waals surface area contributed by atoms with Gasteiger partial charge in [0.15, 0.2) is 11.5 Å². The molecule has 3 heterocycles. The molecule has 2 fully saturated rings. The lowest BCUT2D eigenvalue weighted by molar-refractivity contribution is -0.153. The van der Waals surface area contributed by atoms with Crippen molar-refractivity contribution in [2.24, 2.45) is 0 Å². The molecule has 0 saturated carbocycles. The number of ketones is 1. The largest absolute Gasteiger partial charge is 0.493 e. The van der Waals surface area contributed by atoms with Gasteiger partial charge in [0, 0.05) is 11.3 Å². The minimum Gasteiger partial charge on any atom is -0.493 e. The third kappa shape index (κ3) is 4.71. The van der Waals surface area contributed by atoms with E-state index in [4.69, 9.17) is 14.2 Å². The van der Waals surface area contributed by atoms with Crippen molar-refractivity contribution in [3.8, 4) is 17.2 Å². The number of nitrogens with zero attached hydrogens (tertiary/aromatic N) is 2. The van der Waals surface area contributed by atoms with Crippen LogP contribution in [0.15, 0.2) is 30.0 Å². The Morgan fingerprint density at radius 2 is 1.48 bits per heavy atom. The fourth-order valence-corrected chi connectivity index (χ4v) is 5.83. The number of benzene rings is 2. The Bertz CT molecular complexity index is 1490.